The van der Waals surface area contributed by atoms with E-state index in [0.717, 1.165) is 7.11 Å². The second kappa shape index (κ2) is 2.98. The zero-order chi connectivity index (χ0) is 8.36. The molecule has 0 aromatic rings. The number of carbonyl (C=O) groups excluding carboxylic acids is 1. The molecule has 0 aliphatic heterocycles. The highest BCUT2D eigenvalue weighted by Crippen LogP contribution is 1.95. The van der Waals surface area contributed by atoms with E-state index < -0.39 is 21.2 Å². The van der Waals surface area contributed by atoms with E-state index in [9.17, 15) is 13.2 Å². The number of rotatable bonds is 2. The van der Waals surface area contributed by atoms with Gasteiger partial charge >= 0.3 is 5.97 Å². The Labute approximate surface area is 59.2 Å². The first-order valence-corrected chi connectivity index (χ1v) is 4.10. The SMILES string of the molecule is COC(=O)[C@H](C)S(N)(=O)=O. The number of ether oxygens (including phenoxy) is 1. The Morgan fingerprint density at radius 1 is 1.60 bits per heavy atom. The van der Waals surface area contributed by atoms with Crippen molar-refractivity contribution >= 4 is 16.0 Å². The molecule has 0 spiro atoms. The molecule has 0 unspecified atom stereocenters. The predicted molar refractivity (Wildman–Crippen MR) is 34.6 cm³/mol. The van der Waals surface area contributed by atoms with Gasteiger partial charge in [-0.3, -0.25) is 4.79 Å². The van der Waals surface area contributed by atoms with Crippen LogP contribution < -0.4 is 5.14 Å². The lowest BCUT2D eigenvalue weighted by Crippen LogP contribution is -2.33. The maximum absolute atomic E-state index is 10.5. The summed E-state index contributed by atoms with van der Waals surface area (Å²) < 4.78 is 25.0. The molecule has 0 amide bonds. The van der Waals surface area contributed by atoms with Gasteiger partial charge in [-0.15, -0.1) is 0 Å². The molecule has 0 heterocycles. The van der Waals surface area contributed by atoms with E-state index in [2.05, 4.69) is 9.88 Å². The summed E-state index contributed by atoms with van der Waals surface area (Å²) >= 11 is 0. The number of carbonyl (C=O) groups is 1. The van der Waals surface area contributed by atoms with Crippen LogP contribution in [-0.2, 0) is 19.6 Å². The molecular weight excluding hydrogens is 158 g/mol. The van der Waals surface area contributed by atoms with E-state index in [0.29, 0.717) is 0 Å². The summed E-state index contributed by atoms with van der Waals surface area (Å²) in [4.78, 5) is 10.5. The minimum atomic E-state index is -3.79. The van der Waals surface area contributed by atoms with E-state index in [1.807, 2.05) is 0 Å². The summed E-state index contributed by atoms with van der Waals surface area (Å²) in [5.41, 5.74) is 0. The smallest absolute Gasteiger partial charge is 0.325 e. The molecule has 1 atom stereocenters. The van der Waals surface area contributed by atoms with Gasteiger partial charge in [0.25, 0.3) is 0 Å². The Hall–Kier alpha value is -0.620. The first kappa shape index (κ1) is 9.38. The maximum atomic E-state index is 10.5. The summed E-state index contributed by atoms with van der Waals surface area (Å²) in [5, 5.41) is 3.35. The topological polar surface area (TPSA) is 86.5 Å². The van der Waals surface area contributed by atoms with Crippen LogP contribution in [0.3, 0.4) is 0 Å². The highest BCUT2D eigenvalue weighted by atomic mass is 32.2. The van der Waals surface area contributed by atoms with Crippen molar-refractivity contribution in [3.63, 3.8) is 0 Å². The molecule has 0 saturated carbocycles. The molecule has 0 rings (SSSR count). The van der Waals surface area contributed by atoms with Crippen molar-refractivity contribution in [2.24, 2.45) is 5.14 Å². The lowest BCUT2D eigenvalue weighted by atomic mass is 10.5. The Morgan fingerprint density at radius 2 is 2.00 bits per heavy atom. The lowest BCUT2D eigenvalue weighted by molar-refractivity contribution is -0.139. The summed E-state index contributed by atoms with van der Waals surface area (Å²) in [6.45, 7) is 1.17. The zero-order valence-corrected chi connectivity index (χ0v) is 6.51. The molecule has 0 aliphatic rings. The molecule has 6 heteroatoms. The second-order valence-electron chi connectivity index (χ2n) is 1.75. The monoisotopic (exact) mass is 167 g/mol. The molecule has 0 aromatic heterocycles. The van der Waals surface area contributed by atoms with Gasteiger partial charge in [-0.25, -0.2) is 13.6 Å². The van der Waals surface area contributed by atoms with E-state index in [-0.39, 0.29) is 0 Å². The third-order valence-electron chi connectivity index (χ3n) is 1.03. The highest BCUT2D eigenvalue weighted by Gasteiger charge is 2.24. The van der Waals surface area contributed by atoms with Gasteiger partial charge in [-0.05, 0) is 6.92 Å². The van der Waals surface area contributed by atoms with Crippen molar-refractivity contribution in [2.75, 3.05) is 7.11 Å². The number of primary sulfonamides is 1. The van der Waals surface area contributed by atoms with Gasteiger partial charge in [0.15, 0.2) is 5.25 Å². The fourth-order valence-electron chi connectivity index (χ4n) is 0.300. The first-order valence-electron chi connectivity index (χ1n) is 2.49. The van der Waals surface area contributed by atoms with Crippen LogP contribution in [-0.4, -0.2) is 26.7 Å². The quantitative estimate of drug-likeness (QED) is 0.525. The third-order valence-corrected chi connectivity index (χ3v) is 2.20. The average Bonchev–Trinajstić information content (AvgIpc) is 1.83. The summed E-state index contributed by atoms with van der Waals surface area (Å²) in [7, 11) is -2.69. The maximum Gasteiger partial charge on any atom is 0.325 e. The molecule has 10 heavy (non-hydrogen) atoms. The number of methoxy groups -OCH3 is 1. The molecule has 0 saturated heterocycles. The van der Waals surface area contributed by atoms with Crippen LogP contribution in [0.25, 0.3) is 0 Å². The Bertz CT molecular complexity index is 219. The van der Waals surface area contributed by atoms with Crippen LogP contribution in [0.15, 0.2) is 0 Å². The molecule has 0 aliphatic carbocycles. The molecule has 0 aromatic carbocycles. The number of hydrogen-bond donors (Lipinski definition) is 1. The Balaban J connectivity index is 4.39. The van der Waals surface area contributed by atoms with Gasteiger partial charge in [-0.2, -0.15) is 0 Å². The summed E-state index contributed by atoms with van der Waals surface area (Å²) in [5.74, 6) is -0.845. The Kier molecular flexibility index (Phi) is 2.79. The molecule has 0 radical (unpaired) electrons. The van der Waals surface area contributed by atoms with Gasteiger partial charge in [0.1, 0.15) is 0 Å². The summed E-state index contributed by atoms with van der Waals surface area (Å²) in [6.07, 6.45) is 0. The van der Waals surface area contributed by atoms with Gasteiger partial charge in [0.2, 0.25) is 10.0 Å². The largest absolute Gasteiger partial charge is 0.468 e. The van der Waals surface area contributed by atoms with Crippen molar-refractivity contribution in [2.45, 2.75) is 12.2 Å². The minimum absolute atomic E-state index is 0.845. The van der Waals surface area contributed by atoms with Gasteiger partial charge in [0, 0.05) is 0 Å². The fraction of sp³-hybridized carbons (Fsp3) is 0.750. The molecule has 5 nitrogen and oxygen atoms in total. The molecule has 0 fully saturated rings. The zero-order valence-electron chi connectivity index (χ0n) is 5.70. The lowest BCUT2D eigenvalue weighted by Gasteiger charge is -2.04. The van der Waals surface area contributed by atoms with Crippen LogP contribution >= 0.6 is 0 Å². The number of hydrogen-bond acceptors (Lipinski definition) is 4. The first-order chi connectivity index (χ1) is 4.39. The van der Waals surface area contributed by atoms with Crippen molar-refractivity contribution in [1.82, 2.24) is 0 Å². The fourth-order valence-corrected chi connectivity index (χ4v) is 0.665. The molecule has 60 valence electrons. The number of nitrogens with two attached hydrogens (primary N) is 1. The van der Waals surface area contributed by atoms with Crippen LogP contribution in [0.1, 0.15) is 6.92 Å². The standard InChI is InChI=1S/C4H9NO4S/c1-3(4(6)9-2)10(5,7)8/h3H,1-2H3,(H2,5,7,8)/t3-/m0/s1. The second-order valence-corrected chi connectivity index (χ2v) is 3.64. The van der Waals surface area contributed by atoms with Crippen molar-refractivity contribution in [3.05, 3.63) is 0 Å². The van der Waals surface area contributed by atoms with Gasteiger partial charge in [-0.1, -0.05) is 0 Å². The average molecular weight is 167 g/mol. The molecule has 2 N–H and O–H groups in total. The normalized spacial score (nSPS) is 14.3. The van der Waals surface area contributed by atoms with Crippen LogP contribution in [0.2, 0.25) is 0 Å². The molecule has 0 bridgehead atoms. The summed E-state index contributed by atoms with van der Waals surface area (Å²) in [6, 6.07) is 0. The van der Waals surface area contributed by atoms with Crippen LogP contribution in [0.5, 0.6) is 0 Å². The van der Waals surface area contributed by atoms with Crippen molar-refractivity contribution in [3.8, 4) is 0 Å². The highest BCUT2D eigenvalue weighted by molar-refractivity contribution is 7.90. The van der Waals surface area contributed by atoms with Gasteiger partial charge in [0.05, 0.1) is 7.11 Å². The number of sulfonamides is 1. The van der Waals surface area contributed by atoms with E-state index in [1.165, 1.54) is 6.92 Å². The van der Waals surface area contributed by atoms with E-state index >= 15 is 0 Å². The van der Waals surface area contributed by atoms with Crippen molar-refractivity contribution in [1.29, 1.82) is 0 Å². The van der Waals surface area contributed by atoms with Crippen LogP contribution in [0.4, 0.5) is 0 Å². The Morgan fingerprint density at radius 3 is 2.10 bits per heavy atom. The van der Waals surface area contributed by atoms with Gasteiger partial charge < -0.3 is 4.74 Å². The van der Waals surface area contributed by atoms with E-state index in [1.54, 1.807) is 0 Å². The van der Waals surface area contributed by atoms with E-state index in [4.69, 9.17) is 0 Å². The molecular formula is C4H9NO4S. The third kappa shape index (κ3) is 2.32. The predicted octanol–water partition coefficient (Wildman–Crippen LogP) is -1.16. The number of esters is 1. The van der Waals surface area contributed by atoms with Crippen LogP contribution in [0, 0.1) is 0 Å². The minimum Gasteiger partial charge on any atom is -0.468 e. The van der Waals surface area contributed by atoms with Crippen molar-refractivity contribution < 1.29 is 17.9 Å².